The van der Waals surface area contributed by atoms with Crippen LogP contribution in [0.4, 0.5) is 5.69 Å². The van der Waals surface area contributed by atoms with Gasteiger partial charge in [-0.15, -0.1) is 17.0 Å². The molecular formula is C24H31BrN2O4. The topological polar surface area (TPSA) is 67.9 Å². The number of carbonyl (C=O) groups is 2. The Morgan fingerprint density at radius 2 is 1.68 bits per heavy atom. The first-order valence-corrected chi connectivity index (χ1v) is 10.5. The molecule has 2 aromatic carbocycles. The number of ether oxygens (including phenoxy) is 2. The fraction of sp³-hybridized carbons (Fsp3) is 0.417. The number of piperidine rings is 1. The zero-order valence-corrected chi connectivity index (χ0v) is 19.8. The number of carbonyl (C=O) groups excluding carboxylic acids is 2. The number of anilines is 1. The summed E-state index contributed by atoms with van der Waals surface area (Å²) in [7, 11) is 0. The lowest BCUT2D eigenvalue weighted by molar-refractivity contribution is -0.152. The number of amides is 1. The summed E-state index contributed by atoms with van der Waals surface area (Å²) in [5, 5.41) is 2.74. The first-order chi connectivity index (χ1) is 14.5. The molecule has 0 aliphatic carbocycles. The largest absolute Gasteiger partial charge is 0.492 e. The molecule has 168 valence electrons. The zero-order chi connectivity index (χ0) is 21.4. The van der Waals surface area contributed by atoms with Crippen molar-refractivity contribution in [3.8, 4) is 5.75 Å². The number of rotatable bonds is 8. The average molecular weight is 491 g/mol. The van der Waals surface area contributed by atoms with Gasteiger partial charge >= 0.3 is 5.97 Å². The molecule has 1 aliphatic heterocycles. The van der Waals surface area contributed by atoms with Crippen LogP contribution in [0.15, 0.2) is 54.6 Å². The van der Waals surface area contributed by atoms with E-state index in [4.69, 9.17) is 9.47 Å². The lowest BCUT2D eigenvalue weighted by Crippen LogP contribution is -2.48. The molecule has 0 radical (unpaired) electrons. The van der Waals surface area contributed by atoms with E-state index in [1.54, 1.807) is 0 Å². The predicted octanol–water partition coefficient (Wildman–Crippen LogP) is 4.20. The number of hydrogen-bond donors (Lipinski definition) is 1. The van der Waals surface area contributed by atoms with Crippen LogP contribution in [-0.4, -0.2) is 49.6 Å². The SMILES string of the molecule is Br.CCOC(=O)C1(c2ccccc2)CCN(CCOc2ccc(NC(C)=O)cc2)CC1. The minimum absolute atomic E-state index is 0. The highest BCUT2D eigenvalue weighted by Crippen LogP contribution is 2.36. The van der Waals surface area contributed by atoms with Gasteiger partial charge in [0.1, 0.15) is 12.4 Å². The van der Waals surface area contributed by atoms with E-state index >= 15 is 0 Å². The van der Waals surface area contributed by atoms with Crippen LogP contribution >= 0.6 is 17.0 Å². The summed E-state index contributed by atoms with van der Waals surface area (Å²) in [6.07, 6.45) is 1.47. The summed E-state index contributed by atoms with van der Waals surface area (Å²) >= 11 is 0. The van der Waals surface area contributed by atoms with E-state index in [1.165, 1.54) is 6.92 Å². The Bertz CT molecular complexity index is 834. The first-order valence-electron chi connectivity index (χ1n) is 10.5. The third-order valence-corrected chi connectivity index (χ3v) is 5.55. The van der Waals surface area contributed by atoms with Gasteiger partial charge in [-0.2, -0.15) is 0 Å². The molecule has 31 heavy (non-hydrogen) atoms. The van der Waals surface area contributed by atoms with Gasteiger partial charge in [-0.05, 0) is 62.7 Å². The summed E-state index contributed by atoms with van der Waals surface area (Å²) in [6, 6.07) is 17.3. The van der Waals surface area contributed by atoms with Crippen molar-refractivity contribution in [3.63, 3.8) is 0 Å². The summed E-state index contributed by atoms with van der Waals surface area (Å²) in [5.74, 6) is 0.556. The van der Waals surface area contributed by atoms with Gasteiger partial charge in [-0.3, -0.25) is 14.5 Å². The monoisotopic (exact) mass is 490 g/mol. The third kappa shape index (κ3) is 6.55. The highest BCUT2D eigenvalue weighted by atomic mass is 79.9. The normalized spacial score (nSPS) is 15.4. The van der Waals surface area contributed by atoms with Crippen LogP contribution in [-0.2, 0) is 19.7 Å². The second-order valence-corrected chi connectivity index (χ2v) is 7.56. The van der Waals surface area contributed by atoms with Crippen molar-refractivity contribution in [1.82, 2.24) is 4.90 Å². The van der Waals surface area contributed by atoms with E-state index in [0.717, 1.165) is 49.5 Å². The minimum Gasteiger partial charge on any atom is -0.492 e. The summed E-state index contributed by atoms with van der Waals surface area (Å²) in [6.45, 7) is 6.73. The smallest absolute Gasteiger partial charge is 0.316 e. The van der Waals surface area contributed by atoms with E-state index in [-0.39, 0.29) is 28.9 Å². The van der Waals surface area contributed by atoms with Crippen LogP contribution in [0, 0.1) is 0 Å². The standard InChI is InChI=1S/C24H30N2O4.BrH/c1-3-29-23(28)24(20-7-5-4-6-8-20)13-15-26(16-14-24)17-18-30-22-11-9-21(10-12-22)25-19(2)27;/h4-12H,3,13-18H2,1-2H3,(H,25,27);1H. The maximum Gasteiger partial charge on any atom is 0.316 e. The number of nitrogens with one attached hydrogen (secondary N) is 1. The summed E-state index contributed by atoms with van der Waals surface area (Å²) in [5.41, 5.74) is 1.23. The average Bonchev–Trinajstić information content (AvgIpc) is 2.76. The van der Waals surface area contributed by atoms with Crippen molar-refractivity contribution < 1.29 is 19.1 Å². The van der Waals surface area contributed by atoms with Crippen molar-refractivity contribution in [2.45, 2.75) is 32.1 Å². The maximum absolute atomic E-state index is 12.8. The number of hydrogen-bond acceptors (Lipinski definition) is 5. The Hall–Kier alpha value is -2.38. The van der Waals surface area contributed by atoms with Crippen molar-refractivity contribution in [2.24, 2.45) is 0 Å². The molecule has 1 N–H and O–H groups in total. The molecule has 0 unspecified atom stereocenters. The summed E-state index contributed by atoms with van der Waals surface area (Å²) < 4.78 is 11.3. The molecule has 2 aromatic rings. The van der Waals surface area contributed by atoms with E-state index in [1.807, 2.05) is 61.5 Å². The van der Waals surface area contributed by atoms with Gasteiger partial charge in [0.25, 0.3) is 0 Å². The van der Waals surface area contributed by atoms with Crippen LogP contribution in [0.1, 0.15) is 32.3 Å². The molecule has 0 aromatic heterocycles. The van der Waals surface area contributed by atoms with Crippen LogP contribution in [0.5, 0.6) is 5.75 Å². The second-order valence-electron chi connectivity index (χ2n) is 7.56. The predicted molar refractivity (Wildman–Crippen MR) is 127 cm³/mol. The minimum atomic E-state index is -0.561. The molecular weight excluding hydrogens is 460 g/mol. The Labute approximate surface area is 194 Å². The fourth-order valence-corrected chi connectivity index (χ4v) is 3.93. The number of halogens is 1. The highest BCUT2D eigenvalue weighted by molar-refractivity contribution is 8.93. The molecule has 1 heterocycles. The van der Waals surface area contributed by atoms with Crippen LogP contribution in [0.3, 0.4) is 0 Å². The number of esters is 1. The molecule has 0 bridgehead atoms. The van der Waals surface area contributed by atoms with Crippen LogP contribution < -0.4 is 10.1 Å². The number of likely N-dealkylation sites (tertiary alicyclic amines) is 1. The summed E-state index contributed by atoms with van der Waals surface area (Å²) in [4.78, 5) is 26.2. The van der Waals surface area contributed by atoms with Crippen molar-refractivity contribution >= 4 is 34.5 Å². The van der Waals surface area contributed by atoms with E-state index in [0.29, 0.717) is 13.2 Å². The molecule has 1 aliphatic rings. The second kappa shape index (κ2) is 11.9. The van der Waals surface area contributed by atoms with Crippen molar-refractivity contribution in [1.29, 1.82) is 0 Å². The Balaban J connectivity index is 0.00000341. The van der Waals surface area contributed by atoms with Crippen molar-refractivity contribution in [3.05, 3.63) is 60.2 Å². The molecule has 0 atom stereocenters. The van der Waals surface area contributed by atoms with Gasteiger partial charge in [-0.25, -0.2) is 0 Å². The lowest BCUT2D eigenvalue weighted by atomic mass is 9.72. The van der Waals surface area contributed by atoms with Gasteiger partial charge in [0, 0.05) is 19.2 Å². The molecule has 0 spiro atoms. The highest BCUT2D eigenvalue weighted by Gasteiger charge is 2.44. The molecule has 1 saturated heterocycles. The van der Waals surface area contributed by atoms with Crippen molar-refractivity contribution in [2.75, 3.05) is 38.2 Å². The maximum atomic E-state index is 12.8. The number of benzene rings is 2. The Morgan fingerprint density at radius 1 is 1.03 bits per heavy atom. The molecule has 3 rings (SSSR count). The van der Waals surface area contributed by atoms with Crippen LogP contribution in [0.25, 0.3) is 0 Å². The van der Waals surface area contributed by atoms with Gasteiger partial charge in [0.2, 0.25) is 5.91 Å². The quantitative estimate of drug-likeness (QED) is 0.561. The van der Waals surface area contributed by atoms with E-state index in [9.17, 15) is 9.59 Å². The molecule has 0 saturated carbocycles. The lowest BCUT2D eigenvalue weighted by Gasteiger charge is -2.40. The molecule has 1 fully saturated rings. The molecule has 7 heteroatoms. The zero-order valence-electron chi connectivity index (χ0n) is 18.1. The van der Waals surface area contributed by atoms with Gasteiger partial charge in [0.15, 0.2) is 0 Å². The fourth-order valence-electron chi connectivity index (χ4n) is 3.93. The molecule has 1 amide bonds. The van der Waals surface area contributed by atoms with Gasteiger partial charge < -0.3 is 14.8 Å². The van der Waals surface area contributed by atoms with E-state index < -0.39 is 5.41 Å². The Morgan fingerprint density at radius 3 is 2.26 bits per heavy atom. The third-order valence-electron chi connectivity index (χ3n) is 5.55. The number of nitrogens with zero attached hydrogens (tertiary/aromatic N) is 1. The van der Waals surface area contributed by atoms with Gasteiger partial charge in [-0.1, -0.05) is 30.3 Å². The van der Waals surface area contributed by atoms with Gasteiger partial charge in [0.05, 0.1) is 12.0 Å². The first kappa shape index (κ1) is 24.9. The van der Waals surface area contributed by atoms with Crippen LogP contribution in [0.2, 0.25) is 0 Å². The molecule has 6 nitrogen and oxygen atoms in total. The Kier molecular flexibility index (Phi) is 9.52. The van der Waals surface area contributed by atoms with E-state index in [2.05, 4.69) is 10.2 Å².